The third-order valence-corrected chi connectivity index (χ3v) is 5.58. The summed E-state index contributed by atoms with van der Waals surface area (Å²) in [7, 11) is 1.78. The van der Waals surface area contributed by atoms with Crippen LogP contribution in [0.15, 0.2) is 48.7 Å². The maximum atomic E-state index is 13.0. The number of nitrogens with zero attached hydrogens (tertiary/aromatic N) is 3. The van der Waals surface area contributed by atoms with Crippen LogP contribution in [0.25, 0.3) is 0 Å². The molecular weight excluding hydrogens is 486 g/mol. The molecule has 1 aliphatic heterocycles. The zero-order valence-electron chi connectivity index (χ0n) is 20.1. The van der Waals surface area contributed by atoms with Gasteiger partial charge in [0.05, 0.1) is 43.4 Å². The topological polar surface area (TPSA) is 107 Å². The molecule has 3 aromatic rings. The van der Waals surface area contributed by atoms with Gasteiger partial charge in [0, 0.05) is 24.8 Å². The molecule has 2 amide bonds. The Labute approximate surface area is 214 Å². The highest BCUT2D eigenvalue weighted by Crippen LogP contribution is 2.36. The fraction of sp³-hybridized carbons (Fsp3) is 0.320. The highest BCUT2D eigenvalue weighted by molar-refractivity contribution is 6.31. The Bertz CT molecular complexity index is 1230. The Balaban J connectivity index is 1.51. The summed E-state index contributed by atoms with van der Waals surface area (Å²) in [5.41, 5.74) is 1.74. The summed E-state index contributed by atoms with van der Waals surface area (Å²) in [6, 6.07) is 12.2. The summed E-state index contributed by atoms with van der Waals surface area (Å²) in [5.74, 6) is 0.863. The van der Waals surface area contributed by atoms with Crippen molar-refractivity contribution in [3.05, 3.63) is 59.4 Å². The van der Waals surface area contributed by atoms with Crippen LogP contribution in [0.2, 0.25) is 5.02 Å². The van der Waals surface area contributed by atoms with Crippen molar-refractivity contribution < 1.29 is 23.8 Å². The lowest BCUT2D eigenvalue weighted by atomic mass is 10.2. The van der Waals surface area contributed by atoms with Crippen molar-refractivity contribution in [2.45, 2.75) is 6.92 Å². The van der Waals surface area contributed by atoms with Crippen molar-refractivity contribution in [2.75, 3.05) is 50.1 Å². The van der Waals surface area contributed by atoms with Gasteiger partial charge >= 0.3 is 0 Å². The van der Waals surface area contributed by atoms with Crippen LogP contribution in [0.4, 0.5) is 11.4 Å². The largest absolute Gasteiger partial charge is 0.487 e. The van der Waals surface area contributed by atoms with Crippen molar-refractivity contribution >= 4 is 34.8 Å². The Hall–Kier alpha value is -3.60. The standard InChI is InChI=1S/C25H28ClN5O5/c1-17-20(14-30(2)29-17)28-25(33)16-31-9-10-34-11-12-35-22-5-3-4-6-23(22)36-21-8-7-18(26)13-19(21)27-24(32)15-31/h3-8,13-14H,9-12,15-16H2,1-2H3,(H,27,32)(H,28,33). The van der Waals surface area contributed by atoms with E-state index in [4.69, 9.17) is 25.8 Å². The quantitative estimate of drug-likeness (QED) is 0.552. The second-order valence-electron chi connectivity index (χ2n) is 8.26. The summed E-state index contributed by atoms with van der Waals surface area (Å²) in [4.78, 5) is 27.4. The van der Waals surface area contributed by atoms with Gasteiger partial charge in [-0.25, -0.2) is 0 Å². The van der Waals surface area contributed by atoms with Gasteiger partial charge < -0.3 is 24.8 Å². The highest BCUT2D eigenvalue weighted by atomic mass is 35.5. The summed E-state index contributed by atoms with van der Waals surface area (Å²) in [6.07, 6.45) is 1.73. The molecule has 2 aromatic carbocycles. The number of anilines is 2. The number of hydrogen-bond acceptors (Lipinski definition) is 7. The van der Waals surface area contributed by atoms with Crippen LogP contribution in [-0.2, 0) is 21.4 Å². The molecule has 11 heteroatoms. The Morgan fingerprint density at radius 1 is 1.14 bits per heavy atom. The van der Waals surface area contributed by atoms with E-state index in [-0.39, 0.29) is 24.9 Å². The molecule has 0 unspecified atom stereocenters. The molecule has 0 saturated heterocycles. The van der Waals surface area contributed by atoms with Crippen molar-refractivity contribution in [2.24, 2.45) is 7.05 Å². The van der Waals surface area contributed by atoms with Crippen LogP contribution in [0, 0.1) is 6.92 Å². The van der Waals surface area contributed by atoms with E-state index in [1.807, 2.05) is 19.1 Å². The summed E-state index contributed by atoms with van der Waals surface area (Å²) in [5, 5.41) is 10.4. The lowest BCUT2D eigenvalue weighted by molar-refractivity contribution is -0.120. The molecule has 2 N–H and O–H groups in total. The van der Waals surface area contributed by atoms with E-state index >= 15 is 0 Å². The van der Waals surface area contributed by atoms with Gasteiger partial charge in [-0.2, -0.15) is 5.10 Å². The lowest BCUT2D eigenvalue weighted by Gasteiger charge is -2.21. The van der Waals surface area contributed by atoms with E-state index in [0.717, 1.165) is 0 Å². The van der Waals surface area contributed by atoms with Crippen molar-refractivity contribution in [1.29, 1.82) is 0 Å². The average Bonchev–Trinajstić information content (AvgIpc) is 3.14. The zero-order chi connectivity index (χ0) is 25.5. The Kier molecular flexibility index (Phi) is 8.42. The molecule has 0 fully saturated rings. The number of ether oxygens (including phenoxy) is 3. The number of benzene rings is 2. The van der Waals surface area contributed by atoms with E-state index in [1.54, 1.807) is 53.2 Å². The molecule has 0 atom stereocenters. The molecular formula is C25H28ClN5O5. The fourth-order valence-corrected chi connectivity index (χ4v) is 3.86. The number of fused-ring (bicyclic) bond motifs is 2. The van der Waals surface area contributed by atoms with Crippen LogP contribution >= 0.6 is 11.6 Å². The van der Waals surface area contributed by atoms with E-state index in [9.17, 15) is 9.59 Å². The Morgan fingerprint density at radius 2 is 1.94 bits per heavy atom. The highest BCUT2D eigenvalue weighted by Gasteiger charge is 2.19. The van der Waals surface area contributed by atoms with Crippen LogP contribution < -0.4 is 20.1 Å². The van der Waals surface area contributed by atoms with Crippen molar-refractivity contribution in [1.82, 2.24) is 14.7 Å². The van der Waals surface area contributed by atoms with Crippen LogP contribution in [0.5, 0.6) is 17.2 Å². The van der Waals surface area contributed by atoms with Gasteiger partial charge in [0.1, 0.15) is 6.61 Å². The molecule has 2 heterocycles. The third-order valence-electron chi connectivity index (χ3n) is 5.34. The number of para-hydroxylation sites is 2. The SMILES string of the molecule is Cc1nn(C)cc1NC(=O)CN1CCOCCOc2ccccc2Oc2ccc(Cl)cc2NC(=O)C1. The first kappa shape index (κ1) is 25.5. The second-order valence-corrected chi connectivity index (χ2v) is 8.70. The Morgan fingerprint density at radius 3 is 2.72 bits per heavy atom. The third kappa shape index (κ3) is 6.97. The van der Waals surface area contributed by atoms with Gasteiger partial charge in [0.25, 0.3) is 0 Å². The summed E-state index contributed by atoms with van der Waals surface area (Å²) < 4.78 is 19.2. The number of carbonyl (C=O) groups excluding carboxylic acids is 2. The first-order valence-corrected chi connectivity index (χ1v) is 11.8. The minimum atomic E-state index is -0.327. The van der Waals surface area contributed by atoms with Gasteiger partial charge in [0.15, 0.2) is 17.2 Å². The molecule has 0 saturated carbocycles. The van der Waals surface area contributed by atoms with E-state index < -0.39 is 0 Å². The molecule has 1 aliphatic rings. The number of halogens is 1. The molecule has 0 bridgehead atoms. The monoisotopic (exact) mass is 513 g/mol. The van der Waals surface area contributed by atoms with E-state index in [2.05, 4.69) is 15.7 Å². The molecule has 4 rings (SSSR count). The average molecular weight is 514 g/mol. The van der Waals surface area contributed by atoms with E-state index in [0.29, 0.717) is 65.7 Å². The van der Waals surface area contributed by atoms with Gasteiger partial charge in [-0.3, -0.25) is 19.2 Å². The minimum Gasteiger partial charge on any atom is -0.487 e. The number of aryl methyl sites for hydroxylation is 2. The first-order valence-electron chi connectivity index (χ1n) is 11.5. The van der Waals surface area contributed by atoms with Gasteiger partial charge in [-0.15, -0.1) is 0 Å². The molecule has 1 aromatic heterocycles. The maximum Gasteiger partial charge on any atom is 0.238 e. The smallest absolute Gasteiger partial charge is 0.238 e. The van der Waals surface area contributed by atoms with Gasteiger partial charge in [-0.05, 0) is 37.3 Å². The molecule has 0 spiro atoms. The van der Waals surface area contributed by atoms with Crippen molar-refractivity contribution in [3.8, 4) is 17.2 Å². The molecule has 10 nitrogen and oxygen atoms in total. The van der Waals surface area contributed by atoms with E-state index in [1.165, 1.54) is 0 Å². The van der Waals surface area contributed by atoms with Crippen LogP contribution in [-0.4, -0.2) is 65.9 Å². The normalized spacial score (nSPS) is 15.2. The number of hydrogen-bond donors (Lipinski definition) is 2. The van der Waals surface area contributed by atoms with Crippen molar-refractivity contribution in [3.63, 3.8) is 0 Å². The molecule has 190 valence electrons. The van der Waals surface area contributed by atoms with Crippen LogP contribution in [0.1, 0.15) is 5.69 Å². The summed E-state index contributed by atoms with van der Waals surface area (Å²) >= 11 is 6.19. The van der Waals surface area contributed by atoms with Crippen LogP contribution in [0.3, 0.4) is 0 Å². The predicted molar refractivity (Wildman–Crippen MR) is 136 cm³/mol. The predicted octanol–water partition coefficient (Wildman–Crippen LogP) is 3.46. The number of nitrogens with one attached hydrogen (secondary N) is 2. The molecule has 36 heavy (non-hydrogen) atoms. The van der Waals surface area contributed by atoms with Gasteiger partial charge in [-0.1, -0.05) is 23.7 Å². The number of rotatable bonds is 3. The molecule has 0 aliphatic carbocycles. The number of aromatic nitrogens is 2. The minimum absolute atomic E-state index is 0.00798. The fourth-order valence-electron chi connectivity index (χ4n) is 3.69. The first-order chi connectivity index (χ1) is 17.4. The van der Waals surface area contributed by atoms with Gasteiger partial charge in [0.2, 0.25) is 11.8 Å². The maximum absolute atomic E-state index is 13.0. The molecule has 0 radical (unpaired) electrons. The second kappa shape index (κ2) is 11.9. The number of amides is 2. The summed E-state index contributed by atoms with van der Waals surface area (Å²) in [6.45, 7) is 3.09. The number of carbonyl (C=O) groups is 2. The lowest BCUT2D eigenvalue weighted by Crippen LogP contribution is -2.40. The zero-order valence-corrected chi connectivity index (χ0v) is 20.9.